The van der Waals surface area contributed by atoms with E-state index in [0.29, 0.717) is 23.8 Å². The summed E-state index contributed by atoms with van der Waals surface area (Å²) in [6.07, 6.45) is 0.832. The predicted molar refractivity (Wildman–Crippen MR) is 125 cm³/mol. The molecule has 1 atom stereocenters. The molecule has 1 amide bonds. The number of halogens is 1. The Morgan fingerprint density at radius 3 is 2.58 bits per heavy atom. The normalized spacial score (nSPS) is 19.7. The number of fused-ring (bicyclic) bond motifs is 5. The molecule has 3 aromatic carbocycles. The molecule has 3 aliphatic heterocycles. The van der Waals surface area contributed by atoms with E-state index in [1.165, 1.54) is 5.56 Å². The van der Waals surface area contributed by atoms with Gasteiger partial charge >= 0.3 is 0 Å². The van der Waals surface area contributed by atoms with Gasteiger partial charge in [-0.3, -0.25) is 4.79 Å². The lowest BCUT2D eigenvalue weighted by Gasteiger charge is -2.23. The summed E-state index contributed by atoms with van der Waals surface area (Å²) in [5.41, 5.74) is 3.13. The highest BCUT2D eigenvalue weighted by atomic mass is 35.5. The molecular weight excluding hydrogens is 440 g/mol. The first kappa shape index (κ1) is 20.4. The first-order valence-electron chi connectivity index (χ1n) is 11.1. The molecule has 0 saturated carbocycles. The smallest absolute Gasteiger partial charge is 0.245 e. The summed E-state index contributed by atoms with van der Waals surface area (Å²) in [4.78, 5) is 15.8. The minimum absolute atomic E-state index is 0.0546. The summed E-state index contributed by atoms with van der Waals surface area (Å²) in [5.74, 6) is 2.06. The molecule has 3 aliphatic rings. The molecule has 33 heavy (non-hydrogen) atoms. The summed E-state index contributed by atoms with van der Waals surface area (Å²) < 4.78 is 17.1. The molecule has 0 aromatic heterocycles. The van der Waals surface area contributed by atoms with Crippen molar-refractivity contribution in [3.63, 3.8) is 0 Å². The number of hydrogen-bond acceptors (Lipinski definition) is 5. The number of ether oxygens (including phenoxy) is 3. The SMILES string of the molecule is O=C1N(CCCNCc2ccc(Cl)cc2)c2ccccc2C12COc1cc3c(cc12)OCO3. The molecule has 0 radical (unpaired) electrons. The van der Waals surface area contributed by atoms with E-state index in [9.17, 15) is 4.79 Å². The summed E-state index contributed by atoms with van der Waals surface area (Å²) in [6, 6.07) is 19.6. The second kappa shape index (κ2) is 7.97. The maximum absolute atomic E-state index is 13.9. The minimum atomic E-state index is -0.844. The molecule has 0 aliphatic carbocycles. The number of carbonyl (C=O) groups is 1. The lowest BCUT2D eigenvalue weighted by Crippen LogP contribution is -2.43. The molecule has 7 heteroatoms. The number of para-hydroxylation sites is 1. The number of amides is 1. The molecule has 3 aromatic rings. The Labute approximate surface area is 197 Å². The van der Waals surface area contributed by atoms with Crippen LogP contribution in [0.3, 0.4) is 0 Å². The van der Waals surface area contributed by atoms with Gasteiger partial charge in [-0.2, -0.15) is 0 Å². The van der Waals surface area contributed by atoms with Gasteiger partial charge in [0.1, 0.15) is 17.8 Å². The van der Waals surface area contributed by atoms with E-state index in [-0.39, 0.29) is 19.3 Å². The Bertz CT molecular complexity index is 1230. The molecule has 0 bridgehead atoms. The molecule has 0 saturated heterocycles. The molecule has 6 rings (SSSR count). The second-order valence-corrected chi connectivity index (χ2v) is 8.96. The van der Waals surface area contributed by atoms with Gasteiger partial charge in [-0.25, -0.2) is 0 Å². The van der Waals surface area contributed by atoms with Gasteiger partial charge < -0.3 is 24.4 Å². The average Bonchev–Trinajstić information content (AvgIpc) is 3.51. The van der Waals surface area contributed by atoms with Crippen molar-refractivity contribution in [3.05, 3.63) is 82.4 Å². The fraction of sp³-hybridized carbons (Fsp3) is 0.269. The molecule has 1 unspecified atom stereocenters. The Morgan fingerprint density at radius 2 is 1.73 bits per heavy atom. The Morgan fingerprint density at radius 1 is 0.939 bits per heavy atom. The standard InChI is InChI=1S/C26H23ClN2O4/c27-18-8-6-17(7-9-18)14-28-10-3-11-29-21-5-2-1-4-19(21)26(25(29)30)15-31-22-13-24-23(12-20(22)26)32-16-33-24/h1-2,4-9,12-13,28H,3,10-11,14-16H2. The monoisotopic (exact) mass is 462 g/mol. The van der Waals surface area contributed by atoms with Crippen molar-refractivity contribution in [2.45, 2.75) is 18.4 Å². The first-order valence-corrected chi connectivity index (χ1v) is 11.5. The van der Waals surface area contributed by atoms with E-state index in [0.717, 1.165) is 41.3 Å². The van der Waals surface area contributed by atoms with Crippen LogP contribution in [0.25, 0.3) is 0 Å². The van der Waals surface area contributed by atoms with Crippen LogP contribution >= 0.6 is 11.6 Å². The van der Waals surface area contributed by atoms with Crippen LogP contribution in [0.4, 0.5) is 5.69 Å². The molecule has 3 heterocycles. The highest BCUT2D eigenvalue weighted by Gasteiger charge is 2.57. The second-order valence-electron chi connectivity index (χ2n) is 8.53. The molecule has 1 N–H and O–H groups in total. The van der Waals surface area contributed by atoms with E-state index >= 15 is 0 Å². The van der Waals surface area contributed by atoms with E-state index in [2.05, 4.69) is 5.32 Å². The van der Waals surface area contributed by atoms with Gasteiger partial charge in [-0.15, -0.1) is 0 Å². The Kier molecular flexibility index (Phi) is 4.93. The molecule has 0 fully saturated rings. The van der Waals surface area contributed by atoms with Crippen LogP contribution in [0.1, 0.15) is 23.1 Å². The van der Waals surface area contributed by atoms with Gasteiger partial charge in [0.2, 0.25) is 12.7 Å². The highest BCUT2D eigenvalue weighted by Crippen LogP contribution is 2.54. The van der Waals surface area contributed by atoms with Crippen LogP contribution in [0, 0.1) is 0 Å². The fourth-order valence-electron chi connectivity index (χ4n) is 4.98. The van der Waals surface area contributed by atoms with Crippen LogP contribution in [0.15, 0.2) is 60.7 Å². The zero-order chi connectivity index (χ0) is 22.4. The fourth-order valence-corrected chi connectivity index (χ4v) is 5.11. The summed E-state index contributed by atoms with van der Waals surface area (Å²) in [5, 5.41) is 4.19. The highest BCUT2D eigenvalue weighted by molar-refractivity contribution is 6.30. The predicted octanol–water partition coefficient (Wildman–Crippen LogP) is 4.27. The van der Waals surface area contributed by atoms with Crippen LogP contribution in [0.5, 0.6) is 17.2 Å². The van der Waals surface area contributed by atoms with E-state index in [1.54, 1.807) is 0 Å². The van der Waals surface area contributed by atoms with E-state index < -0.39 is 5.41 Å². The third kappa shape index (κ3) is 3.24. The number of carbonyl (C=O) groups excluding carboxylic acids is 1. The number of hydrogen-bond donors (Lipinski definition) is 1. The van der Waals surface area contributed by atoms with Crippen molar-refractivity contribution in [1.29, 1.82) is 0 Å². The van der Waals surface area contributed by atoms with Crippen molar-refractivity contribution >= 4 is 23.2 Å². The lowest BCUT2D eigenvalue weighted by atomic mass is 9.77. The van der Waals surface area contributed by atoms with Crippen LogP contribution in [0.2, 0.25) is 5.02 Å². The van der Waals surface area contributed by atoms with Gasteiger partial charge in [0.25, 0.3) is 0 Å². The summed E-state index contributed by atoms with van der Waals surface area (Å²) >= 11 is 5.95. The summed E-state index contributed by atoms with van der Waals surface area (Å²) in [7, 11) is 0. The molecule has 168 valence electrons. The number of benzene rings is 3. The molecule has 6 nitrogen and oxygen atoms in total. The topological polar surface area (TPSA) is 60.0 Å². The maximum Gasteiger partial charge on any atom is 0.245 e. The molecule has 1 spiro atoms. The summed E-state index contributed by atoms with van der Waals surface area (Å²) in [6.45, 7) is 2.66. The lowest BCUT2D eigenvalue weighted by molar-refractivity contribution is -0.122. The van der Waals surface area contributed by atoms with Crippen LogP contribution in [-0.4, -0.2) is 32.4 Å². The number of nitrogens with zero attached hydrogens (tertiary/aromatic N) is 1. The molecular formula is C26H23ClN2O4. The third-order valence-electron chi connectivity index (χ3n) is 6.62. The van der Waals surface area contributed by atoms with Crippen molar-refractivity contribution in [1.82, 2.24) is 5.32 Å². The Balaban J connectivity index is 1.21. The van der Waals surface area contributed by atoms with E-state index in [4.69, 9.17) is 25.8 Å². The quantitative estimate of drug-likeness (QED) is 0.554. The first-order chi connectivity index (χ1) is 16.2. The van der Waals surface area contributed by atoms with Gasteiger partial charge in [0.15, 0.2) is 11.5 Å². The van der Waals surface area contributed by atoms with Gasteiger partial charge in [-0.05, 0) is 48.4 Å². The van der Waals surface area contributed by atoms with Gasteiger partial charge in [0, 0.05) is 35.4 Å². The zero-order valence-corrected chi connectivity index (χ0v) is 18.7. The van der Waals surface area contributed by atoms with Gasteiger partial charge in [0.05, 0.1) is 0 Å². The number of rotatable bonds is 6. The van der Waals surface area contributed by atoms with E-state index in [1.807, 2.05) is 65.6 Å². The number of anilines is 1. The largest absolute Gasteiger partial charge is 0.491 e. The number of nitrogens with one attached hydrogen (secondary N) is 1. The van der Waals surface area contributed by atoms with Crippen LogP contribution < -0.4 is 24.4 Å². The van der Waals surface area contributed by atoms with Crippen molar-refractivity contribution in [2.75, 3.05) is 31.4 Å². The minimum Gasteiger partial charge on any atom is -0.491 e. The van der Waals surface area contributed by atoms with Crippen molar-refractivity contribution in [2.24, 2.45) is 0 Å². The van der Waals surface area contributed by atoms with Gasteiger partial charge in [-0.1, -0.05) is 41.9 Å². The third-order valence-corrected chi connectivity index (χ3v) is 6.87. The van der Waals surface area contributed by atoms with Crippen LogP contribution in [-0.2, 0) is 16.8 Å². The average molecular weight is 463 g/mol. The van der Waals surface area contributed by atoms with Crippen molar-refractivity contribution < 1.29 is 19.0 Å². The van der Waals surface area contributed by atoms with Crippen molar-refractivity contribution in [3.8, 4) is 17.2 Å². The zero-order valence-electron chi connectivity index (χ0n) is 18.0. The maximum atomic E-state index is 13.9. The Hall–Kier alpha value is -3.22.